The monoisotopic (exact) mass is 234 g/mol. The highest BCUT2D eigenvalue weighted by Crippen LogP contribution is 2.27. The van der Waals surface area contributed by atoms with Gasteiger partial charge >= 0.3 is 0 Å². The number of ether oxygens (including phenoxy) is 1. The van der Waals surface area contributed by atoms with E-state index in [-0.39, 0.29) is 5.69 Å². The lowest BCUT2D eigenvalue weighted by Gasteiger charge is -2.06. The average molecular weight is 234 g/mol. The van der Waals surface area contributed by atoms with Crippen LogP contribution in [-0.4, -0.2) is 27.0 Å². The highest BCUT2D eigenvalue weighted by molar-refractivity contribution is 5.52. The Bertz CT molecular complexity index is 564. The minimum Gasteiger partial charge on any atom is -0.494 e. The van der Waals surface area contributed by atoms with Crippen LogP contribution in [-0.2, 0) is 0 Å². The van der Waals surface area contributed by atoms with Crippen LogP contribution in [0.25, 0.3) is 5.69 Å². The van der Waals surface area contributed by atoms with Gasteiger partial charge in [-0.05, 0) is 13.0 Å². The maximum atomic E-state index is 10.6. The predicted octanol–water partition coefficient (Wildman–Crippen LogP) is 1.49. The molecule has 0 aliphatic rings. The van der Waals surface area contributed by atoms with Gasteiger partial charge in [0.05, 0.1) is 30.0 Å². The highest BCUT2D eigenvalue weighted by atomic mass is 16.6. The zero-order valence-electron chi connectivity index (χ0n) is 9.32. The quantitative estimate of drug-likeness (QED) is 0.593. The standard InChI is InChI=1S/C10H10N4O3/c1-7-6-13(12-11-7)9-4-3-8(14(15)16)5-10(9)17-2/h3-6H,1-2H3. The van der Waals surface area contributed by atoms with Crippen molar-refractivity contribution in [3.63, 3.8) is 0 Å². The highest BCUT2D eigenvalue weighted by Gasteiger charge is 2.13. The number of nitro benzene ring substituents is 1. The van der Waals surface area contributed by atoms with E-state index in [9.17, 15) is 10.1 Å². The van der Waals surface area contributed by atoms with Gasteiger partial charge in [-0.3, -0.25) is 10.1 Å². The summed E-state index contributed by atoms with van der Waals surface area (Å²) < 4.78 is 6.62. The Kier molecular flexibility index (Phi) is 2.73. The third-order valence-electron chi connectivity index (χ3n) is 2.23. The van der Waals surface area contributed by atoms with E-state index in [2.05, 4.69) is 10.3 Å². The zero-order valence-corrected chi connectivity index (χ0v) is 9.32. The molecule has 7 heteroatoms. The van der Waals surface area contributed by atoms with E-state index in [0.29, 0.717) is 11.4 Å². The van der Waals surface area contributed by atoms with Crippen LogP contribution in [0.4, 0.5) is 5.69 Å². The lowest BCUT2D eigenvalue weighted by molar-refractivity contribution is -0.384. The molecule has 88 valence electrons. The summed E-state index contributed by atoms with van der Waals surface area (Å²) in [6.07, 6.45) is 1.71. The van der Waals surface area contributed by atoms with Crippen LogP contribution in [0, 0.1) is 17.0 Å². The maximum Gasteiger partial charge on any atom is 0.273 e. The summed E-state index contributed by atoms with van der Waals surface area (Å²) in [6.45, 7) is 1.81. The van der Waals surface area contributed by atoms with Crippen LogP contribution in [0.5, 0.6) is 5.75 Å². The van der Waals surface area contributed by atoms with E-state index in [1.165, 1.54) is 23.9 Å². The van der Waals surface area contributed by atoms with Crippen molar-refractivity contribution in [1.29, 1.82) is 0 Å². The fourth-order valence-corrected chi connectivity index (χ4v) is 1.43. The molecule has 0 atom stereocenters. The first-order chi connectivity index (χ1) is 8.11. The molecule has 0 saturated heterocycles. The fraction of sp³-hybridized carbons (Fsp3) is 0.200. The van der Waals surface area contributed by atoms with Gasteiger partial charge in [0, 0.05) is 6.07 Å². The summed E-state index contributed by atoms with van der Waals surface area (Å²) in [5, 5.41) is 18.4. The number of aromatic nitrogens is 3. The SMILES string of the molecule is COc1cc([N+](=O)[O-])ccc1-n1cc(C)nn1. The summed E-state index contributed by atoms with van der Waals surface area (Å²) >= 11 is 0. The minimum atomic E-state index is -0.473. The number of rotatable bonds is 3. The molecule has 0 fully saturated rings. The molecule has 0 bridgehead atoms. The van der Waals surface area contributed by atoms with E-state index in [1.54, 1.807) is 19.2 Å². The molecule has 0 amide bonds. The van der Waals surface area contributed by atoms with Crippen molar-refractivity contribution < 1.29 is 9.66 Å². The molecule has 2 aromatic rings. The Morgan fingerprint density at radius 2 is 2.24 bits per heavy atom. The Labute approximate surface area is 96.8 Å². The third-order valence-corrected chi connectivity index (χ3v) is 2.23. The van der Waals surface area contributed by atoms with Gasteiger partial charge in [0.25, 0.3) is 5.69 Å². The maximum absolute atomic E-state index is 10.6. The molecular weight excluding hydrogens is 224 g/mol. The second kappa shape index (κ2) is 4.20. The molecule has 1 aromatic carbocycles. The van der Waals surface area contributed by atoms with Crippen molar-refractivity contribution in [3.05, 3.63) is 40.2 Å². The van der Waals surface area contributed by atoms with Crippen molar-refractivity contribution in [2.24, 2.45) is 0 Å². The summed E-state index contributed by atoms with van der Waals surface area (Å²) in [7, 11) is 1.45. The van der Waals surface area contributed by atoms with E-state index in [0.717, 1.165) is 5.69 Å². The number of hydrogen-bond acceptors (Lipinski definition) is 5. The molecule has 1 aromatic heterocycles. The van der Waals surface area contributed by atoms with Gasteiger partial charge in [-0.1, -0.05) is 5.21 Å². The van der Waals surface area contributed by atoms with Crippen LogP contribution >= 0.6 is 0 Å². The second-order valence-electron chi connectivity index (χ2n) is 3.42. The average Bonchev–Trinajstić information content (AvgIpc) is 2.74. The first kappa shape index (κ1) is 11.1. The number of aryl methyl sites for hydroxylation is 1. The largest absolute Gasteiger partial charge is 0.494 e. The van der Waals surface area contributed by atoms with Crippen molar-refractivity contribution in [2.45, 2.75) is 6.92 Å². The van der Waals surface area contributed by atoms with Crippen LogP contribution in [0.3, 0.4) is 0 Å². The van der Waals surface area contributed by atoms with Crippen molar-refractivity contribution in [3.8, 4) is 11.4 Å². The molecule has 2 rings (SSSR count). The van der Waals surface area contributed by atoms with Gasteiger partial charge in [-0.2, -0.15) is 0 Å². The fourth-order valence-electron chi connectivity index (χ4n) is 1.43. The number of hydrogen-bond donors (Lipinski definition) is 0. The molecule has 0 radical (unpaired) electrons. The predicted molar refractivity (Wildman–Crippen MR) is 59.3 cm³/mol. The van der Waals surface area contributed by atoms with Crippen LogP contribution < -0.4 is 4.74 Å². The van der Waals surface area contributed by atoms with Gasteiger partial charge in [0.1, 0.15) is 5.69 Å². The smallest absolute Gasteiger partial charge is 0.273 e. The summed E-state index contributed by atoms with van der Waals surface area (Å²) in [6, 6.07) is 4.33. The summed E-state index contributed by atoms with van der Waals surface area (Å²) in [5.74, 6) is 0.379. The minimum absolute atomic E-state index is 0.0255. The first-order valence-corrected chi connectivity index (χ1v) is 4.83. The molecule has 0 aliphatic heterocycles. The number of methoxy groups -OCH3 is 1. The normalized spacial score (nSPS) is 10.2. The summed E-state index contributed by atoms with van der Waals surface area (Å²) in [4.78, 5) is 10.2. The summed E-state index contributed by atoms with van der Waals surface area (Å²) in [5.41, 5.74) is 1.34. The van der Waals surface area contributed by atoms with Gasteiger partial charge < -0.3 is 4.74 Å². The molecule has 0 spiro atoms. The van der Waals surface area contributed by atoms with Crippen molar-refractivity contribution >= 4 is 5.69 Å². The molecule has 0 unspecified atom stereocenters. The number of nitro groups is 1. The van der Waals surface area contributed by atoms with Gasteiger partial charge in [0.15, 0.2) is 5.75 Å². The van der Waals surface area contributed by atoms with Crippen LogP contribution in [0.2, 0.25) is 0 Å². The van der Waals surface area contributed by atoms with Crippen molar-refractivity contribution in [1.82, 2.24) is 15.0 Å². The topological polar surface area (TPSA) is 83.1 Å². The molecule has 1 heterocycles. The van der Waals surface area contributed by atoms with Crippen LogP contribution in [0.1, 0.15) is 5.69 Å². The first-order valence-electron chi connectivity index (χ1n) is 4.83. The molecular formula is C10H10N4O3. The lowest BCUT2D eigenvalue weighted by atomic mass is 10.2. The van der Waals surface area contributed by atoms with Gasteiger partial charge in [-0.25, -0.2) is 4.68 Å². The Balaban J connectivity index is 2.51. The second-order valence-corrected chi connectivity index (χ2v) is 3.42. The molecule has 0 saturated carbocycles. The number of benzene rings is 1. The Hall–Kier alpha value is -2.44. The van der Waals surface area contributed by atoms with Gasteiger partial charge in [-0.15, -0.1) is 5.10 Å². The van der Waals surface area contributed by atoms with E-state index >= 15 is 0 Å². The molecule has 0 aliphatic carbocycles. The van der Waals surface area contributed by atoms with Crippen molar-refractivity contribution in [2.75, 3.05) is 7.11 Å². The zero-order chi connectivity index (χ0) is 12.4. The third kappa shape index (κ3) is 2.07. The van der Waals surface area contributed by atoms with Crippen LogP contribution in [0.15, 0.2) is 24.4 Å². The Morgan fingerprint density at radius 3 is 2.76 bits per heavy atom. The number of nitrogens with zero attached hydrogens (tertiary/aromatic N) is 4. The molecule has 17 heavy (non-hydrogen) atoms. The van der Waals surface area contributed by atoms with E-state index in [4.69, 9.17) is 4.74 Å². The Morgan fingerprint density at radius 1 is 1.47 bits per heavy atom. The lowest BCUT2D eigenvalue weighted by Crippen LogP contribution is -2.00. The molecule has 7 nitrogen and oxygen atoms in total. The number of non-ortho nitro benzene ring substituents is 1. The van der Waals surface area contributed by atoms with E-state index < -0.39 is 4.92 Å². The van der Waals surface area contributed by atoms with E-state index in [1.807, 2.05) is 0 Å². The molecule has 0 N–H and O–H groups in total. The van der Waals surface area contributed by atoms with Gasteiger partial charge in [0.2, 0.25) is 0 Å².